The molecule has 0 radical (unpaired) electrons. The summed E-state index contributed by atoms with van der Waals surface area (Å²) in [6.07, 6.45) is 2.99. The van der Waals surface area contributed by atoms with E-state index in [2.05, 4.69) is 6.92 Å². The third-order valence-electron chi connectivity index (χ3n) is 4.39. The van der Waals surface area contributed by atoms with E-state index >= 15 is 0 Å². The number of non-ortho nitro benzene ring substituents is 1. The minimum Gasteiger partial charge on any atom is -0.396 e. The van der Waals surface area contributed by atoms with Gasteiger partial charge in [-0.1, -0.05) is 31.9 Å². The lowest BCUT2D eigenvalue weighted by molar-refractivity contribution is -0.384. The van der Waals surface area contributed by atoms with E-state index in [0.29, 0.717) is 21.8 Å². The fourth-order valence-corrected chi connectivity index (χ4v) is 4.46. The molecule has 27 heavy (non-hydrogen) atoms. The highest BCUT2D eigenvalue weighted by Crippen LogP contribution is 2.23. The van der Waals surface area contributed by atoms with Gasteiger partial charge in [0.25, 0.3) is 5.69 Å². The number of rotatable bonds is 10. The molecule has 0 fully saturated rings. The van der Waals surface area contributed by atoms with Crippen molar-refractivity contribution in [2.75, 3.05) is 12.4 Å². The monoisotopic (exact) mass is 393 g/mol. The Kier molecular flexibility index (Phi) is 8.06. The van der Waals surface area contributed by atoms with Crippen LogP contribution in [0, 0.1) is 21.8 Å². The lowest BCUT2D eigenvalue weighted by Crippen LogP contribution is -2.16. The van der Waals surface area contributed by atoms with Crippen LogP contribution in [0.5, 0.6) is 0 Å². The number of aliphatic hydroxyl groups is 1. The minimum atomic E-state index is -1.38. The Balaban J connectivity index is 2.24. The van der Waals surface area contributed by atoms with Crippen molar-refractivity contribution >= 4 is 16.5 Å². The number of nitro groups is 1. The smallest absolute Gasteiger partial charge is 0.269 e. The predicted octanol–water partition coefficient (Wildman–Crippen LogP) is 4.23. The molecule has 0 bridgehead atoms. The Labute approximate surface area is 160 Å². The van der Waals surface area contributed by atoms with E-state index < -0.39 is 21.5 Å². The van der Waals surface area contributed by atoms with Crippen LogP contribution in [0.3, 0.4) is 0 Å². The average Bonchev–Trinajstić information content (AvgIpc) is 2.65. The fourth-order valence-electron chi connectivity index (χ4n) is 2.93. The van der Waals surface area contributed by atoms with Crippen LogP contribution in [0.1, 0.15) is 37.3 Å². The zero-order chi connectivity index (χ0) is 19.8. The molecule has 2 atom stereocenters. The molecule has 2 unspecified atom stereocenters. The first-order valence-corrected chi connectivity index (χ1v) is 10.3. The van der Waals surface area contributed by atoms with Gasteiger partial charge < -0.3 is 5.11 Å². The summed E-state index contributed by atoms with van der Waals surface area (Å²) in [5.41, 5.74) is 1.16. The average molecular weight is 393 g/mol. The van der Waals surface area contributed by atoms with Crippen LogP contribution in [0.4, 0.5) is 10.1 Å². The summed E-state index contributed by atoms with van der Waals surface area (Å²) in [6.45, 7) is 2.02. The summed E-state index contributed by atoms with van der Waals surface area (Å²) in [7, 11) is -1.38. The molecule has 146 valence electrons. The molecule has 2 aromatic rings. The molecule has 0 aromatic heterocycles. The maximum atomic E-state index is 13.8. The number of unbranched alkanes of at least 4 members (excludes halogenated alkanes) is 1. The normalized spacial score (nSPS) is 13.3. The van der Waals surface area contributed by atoms with Crippen molar-refractivity contribution in [2.45, 2.75) is 37.5 Å². The molecule has 0 saturated heterocycles. The van der Waals surface area contributed by atoms with Crippen LogP contribution in [0.15, 0.2) is 47.4 Å². The summed E-state index contributed by atoms with van der Waals surface area (Å²) in [5.74, 6) is -0.202. The van der Waals surface area contributed by atoms with Crippen LogP contribution in [0.25, 0.3) is 0 Å². The number of nitro benzene ring substituents is 1. The van der Waals surface area contributed by atoms with Gasteiger partial charge in [0.05, 0.1) is 15.7 Å². The standard InChI is InChI=1S/C20H24FNO4S/c1-2-3-5-16(13-23)14-27(26)20-9-8-18(21)12-17(20)10-15-6-4-7-19(11-15)22(24)25/h4,6-9,11-12,16,23H,2-3,5,10,13-14H2,1H3. The molecular weight excluding hydrogens is 369 g/mol. The Morgan fingerprint density at radius 3 is 2.70 bits per heavy atom. The van der Waals surface area contributed by atoms with Gasteiger partial charge in [0.1, 0.15) is 5.82 Å². The van der Waals surface area contributed by atoms with Crippen molar-refractivity contribution in [3.05, 3.63) is 69.5 Å². The summed E-state index contributed by atoms with van der Waals surface area (Å²) >= 11 is 0. The van der Waals surface area contributed by atoms with E-state index in [-0.39, 0.29) is 24.6 Å². The van der Waals surface area contributed by atoms with Gasteiger partial charge in [-0.25, -0.2) is 4.39 Å². The summed E-state index contributed by atoms with van der Waals surface area (Å²) in [6, 6.07) is 10.2. The topological polar surface area (TPSA) is 80.4 Å². The van der Waals surface area contributed by atoms with Crippen molar-refractivity contribution in [3.8, 4) is 0 Å². The lowest BCUT2D eigenvalue weighted by Gasteiger charge is -2.15. The SMILES string of the molecule is CCCCC(CO)CS(=O)c1ccc(F)cc1Cc1cccc([N+](=O)[O-])c1. The van der Waals surface area contributed by atoms with Gasteiger partial charge >= 0.3 is 0 Å². The molecule has 1 N–H and O–H groups in total. The van der Waals surface area contributed by atoms with Gasteiger partial charge in [-0.05, 0) is 48.1 Å². The maximum absolute atomic E-state index is 13.8. The number of hydrogen-bond acceptors (Lipinski definition) is 4. The zero-order valence-corrected chi connectivity index (χ0v) is 16.1. The summed E-state index contributed by atoms with van der Waals surface area (Å²) in [4.78, 5) is 11.0. The second-order valence-corrected chi connectivity index (χ2v) is 8.02. The van der Waals surface area contributed by atoms with Gasteiger partial charge in [-0.15, -0.1) is 0 Å². The Hall–Kier alpha value is -2.12. The molecule has 2 rings (SSSR count). The third-order valence-corrected chi connectivity index (χ3v) is 6.06. The first-order valence-electron chi connectivity index (χ1n) is 8.95. The molecular formula is C20H24FNO4S. The van der Waals surface area contributed by atoms with Crippen LogP contribution in [-0.2, 0) is 17.2 Å². The largest absolute Gasteiger partial charge is 0.396 e. The van der Waals surface area contributed by atoms with Crippen molar-refractivity contribution < 1.29 is 18.6 Å². The molecule has 0 amide bonds. The molecule has 0 heterocycles. The number of hydrogen-bond donors (Lipinski definition) is 1. The number of halogens is 1. The second-order valence-electron chi connectivity index (χ2n) is 6.56. The number of aliphatic hydroxyl groups excluding tert-OH is 1. The van der Waals surface area contributed by atoms with Crippen LogP contribution >= 0.6 is 0 Å². The van der Waals surface area contributed by atoms with Crippen LogP contribution in [0.2, 0.25) is 0 Å². The summed E-state index contributed by atoms with van der Waals surface area (Å²) < 4.78 is 26.6. The van der Waals surface area contributed by atoms with Crippen molar-refractivity contribution in [1.82, 2.24) is 0 Å². The predicted molar refractivity (Wildman–Crippen MR) is 104 cm³/mol. The Morgan fingerprint density at radius 2 is 2.04 bits per heavy atom. The van der Waals surface area contributed by atoms with Gasteiger partial charge in [-0.2, -0.15) is 0 Å². The van der Waals surface area contributed by atoms with Crippen molar-refractivity contribution in [2.24, 2.45) is 5.92 Å². The number of nitrogens with zero attached hydrogens (tertiary/aromatic N) is 1. The first-order chi connectivity index (χ1) is 12.9. The highest BCUT2D eigenvalue weighted by Gasteiger charge is 2.17. The van der Waals surface area contributed by atoms with E-state index in [4.69, 9.17) is 0 Å². The van der Waals surface area contributed by atoms with Crippen LogP contribution in [-0.4, -0.2) is 26.6 Å². The molecule has 0 saturated carbocycles. The minimum absolute atomic E-state index is 0.0346. The lowest BCUT2D eigenvalue weighted by atomic mass is 10.0. The third kappa shape index (κ3) is 6.22. The van der Waals surface area contributed by atoms with E-state index in [9.17, 15) is 23.8 Å². The molecule has 0 aliphatic rings. The van der Waals surface area contributed by atoms with E-state index in [1.54, 1.807) is 12.1 Å². The molecule has 0 aliphatic heterocycles. The van der Waals surface area contributed by atoms with Crippen LogP contribution < -0.4 is 0 Å². The molecule has 7 heteroatoms. The molecule has 5 nitrogen and oxygen atoms in total. The zero-order valence-electron chi connectivity index (χ0n) is 15.3. The first kappa shape index (κ1) is 21.2. The highest BCUT2D eigenvalue weighted by molar-refractivity contribution is 7.85. The van der Waals surface area contributed by atoms with Crippen molar-refractivity contribution in [3.63, 3.8) is 0 Å². The fraction of sp³-hybridized carbons (Fsp3) is 0.400. The molecule has 0 spiro atoms. The van der Waals surface area contributed by atoms with Gasteiger partial charge in [0, 0.05) is 29.4 Å². The quantitative estimate of drug-likeness (QED) is 0.484. The Bertz CT molecular complexity index is 812. The summed E-state index contributed by atoms with van der Waals surface area (Å²) in [5, 5.41) is 20.5. The van der Waals surface area contributed by atoms with E-state index in [1.165, 1.54) is 30.3 Å². The van der Waals surface area contributed by atoms with Gasteiger partial charge in [0.15, 0.2) is 0 Å². The molecule has 2 aromatic carbocycles. The Morgan fingerprint density at radius 1 is 1.26 bits per heavy atom. The maximum Gasteiger partial charge on any atom is 0.269 e. The highest BCUT2D eigenvalue weighted by atomic mass is 32.2. The van der Waals surface area contributed by atoms with E-state index in [1.807, 2.05) is 0 Å². The van der Waals surface area contributed by atoms with E-state index in [0.717, 1.165) is 19.3 Å². The van der Waals surface area contributed by atoms with Gasteiger partial charge in [0.2, 0.25) is 0 Å². The second kappa shape index (κ2) is 10.3. The van der Waals surface area contributed by atoms with Crippen molar-refractivity contribution in [1.29, 1.82) is 0 Å². The number of benzene rings is 2. The van der Waals surface area contributed by atoms with Gasteiger partial charge in [-0.3, -0.25) is 14.3 Å². The molecule has 0 aliphatic carbocycles.